The van der Waals surface area contributed by atoms with E-state index in [1.165, 1.54) is 73.8 Å². The smallest absolute Gasteiger partial charge is 0.272 e. The van der Waals surface area contributed by atoms with E-state index in [0.29, 0.717) is 11.3 Å². The highest BCUT2D eigenvalue weighted by atomic mass is 35.5. The summed E-state index contributed by atoms with van der Waals surface area (Å²) in [6.45, 7) is 0. The first kappa shape index (κ1) is 23.4. The lowest BCUT2D eigenvalue weighted by molar-refractivity contribution is -0.384. The molecule has 0 bridgehead atoms. The maximum atomic E-state index is 13.5. The van der Waals surface area contributed by atoms with Crippen LogP contribution in [0.4, 0.5) is 15.8 Å². The summed E-state index contributed by atoms with van der Waals surface area (Å²) < 4.78 is 18.6. The van der Waals surface area contributed by atoms with Gasteiger partial charge in [-0.2, -0.15) is 0 Å². The average molecular weight is 470 g/mol. The number of amides is 2. The van der Waals surface area contributed by atoms with E-state index >= 15 is 0 Å². The van der Waals surface area contributed by atoms with Crippen LogP contribution in [0, 0.1) is 15.9 Å². The summed E-state index contributed by atoms with van der Waals surface area (Å²) >= 11 is 6.15. The van der Waals surface area contributed by atoms with Crippen molar-refractivity contribution < 1.29 is 23.6 Å². The third-order valence-electron chi connectivity index (χ3n) is 4.41. The van der Waals surface area contributed by atoms with Gasteiger partial charge in [0.2, 0.25) is 0 Å². The fourth-order valence-electron chi connectivity index (χ4n) is 2.78. The molecule has 2 amide bonds. The van der Waals surface area contributed by atoms with Crippen LogP contribution in [-0.2, 0) is 4.79 Å². The van der Waals surface area contributed by atoms with E-state index in [0.717, 1.165) is 6.07 Å². The van der Waals surface area contributed by atoms with Crippen LogP contribution < -0.4 is 15.4 Å². The standard InChI is InChI=1S/C23H17ClFN3O5/c1-33-18-9-10-19(20(24)13-18)22(29)27-21(11-14-5-7-17(8-6-14)28(31)32)23(30)26-16-4-2-3-15(25)12-16/h2-13H,1H3,(H,26,30)(H,27,29). The molecule has 0 saturated carbocycles. The molecule has 0 fully saturated rings. The Morgan fingerprint density at radius 2 is 1.82 bits per heavy atom. The molecular formula is C23H17ClFN3O5. The molecule has 0 spiro atoms. The molecule has 3 aromatic rings. The molecule has 0 aliphatic rings. The third kappa shape index (κ3) is 6.14. The van der Waals surface area contributed by atoms with Crippen molar-refractivity contribution in [3.8, 4) is 5.75 Å². The molecule has 10 heteroatoms. The van der Waals surface area contributed by atoms with E-state index in [1.807, 2.05) is 0 Å². The molecular weight excluding hydrogens is 453 g/mol. The number of nitrogens with zero attached hydrogens (tertiary/aromatic N) is 1. The van der Waals surface area contributed by atoms with Crippen molar-refractivity contribution in [3.63, 3.8) is 0 Å². The number of non-ortho nitro benzene ring substituents is 1. The summed E-state index contributed by atoms with van der Waals surface area (Å²) in [6, 6.07) is 15.0. The van der Waals surface area contributed by atoms with Crippen molar-refractivity contribution in [2.75, 3.05) is 12.4 Å². The second-order valence-electron chi connectivity index (χ2n) is 6.67. The van der Waals surface area contributed by atoms with Crippen molar-refractivity contribution in [1.82, 2.24) is 5.32 Å². The predicted octanol–water partition coefficient (Wildman–Crippen LogP) is 4.81. The molecule has 3 rings (SSSR count). The quantitative estimate of drug-likeness (QED) is 0.293. The number of nitro groups is 1. The normalized spacial score (nSPS) is 10.9. The molecule has 33 heavy (non-hydrogen) atoms. The largest absolute Gasteiger partial charge is 0.497 e. The molecule has 0 aliphatic carbocycles. The average Bonchev–Trinajstić information content (AvgIpc) is 2.78. The molecule has 8 nitrogen and oxygen atoms in total. The van der Waals surface area contributed by atoms with Gasteiger partial charge in [0.15, 0.2) is 0 Å². The van der Waals surface area contributed by atoms with Crippen LogP contribution in [0.5, 0.6) is 5.75 Å². The SMILES string of the molecule is COc1ccc(C(=O)NC(=Cc2ccc([N+](=O)[O-])cc2)C(=O)Nc2cccc(F)c2)c(Cl)c1. The summed E-state index contributed by atoms with van der Waals surface area (Å²) in [4.78, 5) is 36.0. The minimum absolute atomic E-state index is 0.0885. The van der Waals surface area contributed by atoms with E-state index in [9.17, 15) is 24.1 Å². The molecule has 0 atom stereocenters. The summed E-state index contributed by atoms with van der Waals surface area (Å²) in [5.41, 5.74) is 0.347. The Labute approximate surface area is 192 Å². The van der Waals surface area contributed by atoms with E-state index in [4.69, 9.17) is 16.3 Å². The Hall–Kier alpha value is -4.24. The van der Waals surface area contributed by atoms with Gasteiger partial charge in [0.05, 0.1) is 22.6 Å². The van der Waals surface area contributed by atoms with Crippen LogP contribution in [0.25, 0.3) is 6.08 Å². The van der Waals surface area contributed by atoms with Crippen LogP contribution in [-0.4, -0.2) is 23.8 Å². The number of anilines is 1. The van der Waals surface area contributed by atoms with E-state index in [1.54, 1.807) is 0 Å². The second kappa shape index (κ2) is 10.4. The van der Waals surface area contributed by atoms with Crippen molar-refractivity contribution in [1.29, 1.82) is 0 Å². The number of methoxy groups -OCH3 is 1. The van der Waals surface area contributed by atoms with Crippen LogP contribution in [0.15, 0.2) is 72.4 Å². The highest BCUT2D eigenvalue weighted by Gasteiger charge is 2.18. The molecule has 0 saturated heterocycles. The minimum Gasteiger partial charge on any atom is -0.497 e. The van der Waals surface area contributed by atoms with Gasteiger partial charge in [-0.05, 0) is 60.2 Å². The zero-order valence-electron chi connectivity index (χ0n) is 17.2. The number of rotatable bonds is 7. The Kier molecular flexibility index (Phi) is 7.37. The number of carbonyl (C=O) groups excluding carboxylic acids is 2. The molecule has 0 heterocycles. The lowest BCUT2D eigenvalue weighted by atomic mass is 10.1. The Morgan fingerprint density at radius 3 is 2.42 bits per heavy atom. The maximum Gasteiger partial charge on any atom is 0.272 e. The zero-order valence-corrected chi connectivity index (χ0v) is 17.9. The Bertz CT molecular complexity index is 1250. The molecule has 0 unspecified atom stereocenters. The Balaban J connectivity index is 1.92. The molecule has 0 aliphatic heterocycles. The number of nitrogens with one attached hydrogen (secondary N) is 2. The lowest BCUT2D eigenvalue weighted by Crippen LogP contribution is -2.31. The highest BCUT2D eigenvalue weighted by Crippen LogP contribution is 2.23. The van der Waals surface area contributed by atoms with Gasteiger partial charge in [0, 0.05) is 17.8 Å². The summed E-state index contributed by atoms with van der Waals surface area (Å²) in [5.74, 6) is -1.52. The van der Waals surface area contributed by atoms with Gasteiger partial charge in [0.1, 0.15) is 17.3 Å². The fraction of sp³-hybridized carbons (Fsp3) is 0.0435. The number of carbonyl (C=O) groups is 2. The van der Waals surface area contributed by atoms with Crippen LogP contribution >= 0.6 is 11.6 Å². The van der Waals surface area contributed by atoms with E-state index in [-0.39, 0.29) is 27.7 Å². The van der Waals surface area contributed by atoms with Crippen molar-refractivity contribution in [2.24, 2.45) is 0 Å². The first-order valence-corrected chi connectivity index (χ1v) is 9.82. The molecule has 3 aromatic carbocycles. The van der Waals surface area contributed by atoms with Gasteiger partial charge in [-0.15, -0.1) is 0 Å². The summed E-state index contributed by atoms with van der Waals surface area (Å²) in [5, 5.41) is 16.0. The number of benzene rings is 3. The van der Waals surface area contributed by atoms with Crippen LogP contribution in [0.2, 0.25) is 5.02 Å². The van der Waals surface area contributed by atoms with Gasteiger partial charge in [-0.1, -0.05) is 17.7 Å². The van der Waals surface area contributed by atoms with Crippen molar-refractivity contribution in [2.45, 2.75) is 0 Å². The topological polar surface area (TPSA) is 111 Å². The number of halogens is 2. The van der Waals surface area contributed by atoms with Gasteiger partial charge in [-0.3, -0.25) is 19.7 Å². The van der Waals surface area contributed by atoms with Crippen molar-refractivity contribution >= 4 is 40.9 Å². The maximum absolute atomic E-state index is 13.5. The van der Waals surface area contributed by atoms with E-state index < -0.39 is 22.6 Å². The molecule has 168 valence electrons. The fourth-order valence-corrected chi connectivity index (χ4v) is 3.03. The van der Waals surface area contributed by atoms with Gasteiger partial charge < -0.3 is 15.4 Å². The number of nitro benzene ring substituents is 1. The lowest BCUT2D eigenvalue weighted by Gasteiger charge is -2.12. The Morgan fingerprint density at radius 1 is 1.09 bits per heavy atom. The third-order valence-corrected chi connectivity index (χ3v) is 4.72. The zero-order chi connectivity index (χ0) is 24.0. The van der Waals surface area contributed by atoms with Gasteiger partial charge >= 0.3 is 0 Å². The number of hydrogen-bond donors (Lipinski definition) is 2. The van der Waals surface area contributed by atoms with Gasteiger partial charge in [0.25, 0.3) is 17.5 Å². The number of hydrogen-bond acceptors (Lipinski definition) is 5. The molecule has 0 radical (unpaired) electrons. The second-order valence-corrected chi connectivity index (χ2v) is 7.08. The molecule has 2 N–H and O–H groups in total. The summed E-state index contributed by atoms with van der Waals surface area (Å²) in [6.07, 6.45) is 1.33. The minimum atomic E-state index is -0.739. The van der Waals surface area contributed by atoms with Crippen molar-refractivity contribution in [3.05, 3.63) is 105 Å². The first-order valence-electron chi connectivity index (χ1n) is 9.45. The predicted molar refractivity (Wildman–Crippen MR) is 122 cm³/mol. The van der Waals surface area contributed by atoms with Crippen LogP contribution in [0.1, 0.15) is 15.9 Å². The van der Waals surface area contributed by atoms with Crippen LogP contribution in [0.3, 0.4) is 0 Å². The number of ether oxygens (including phenoxy) is 1. The van der Waals surface area contributed by atoms with E-state index in [2.05, 4.69) is 10.6 Å². The summed E-state index contributed by atoms with van der Waals surface area (Å²) in [7, 11) is 1.45. The molecule has 0 aromatic heterocycles. The highest BCUT2D eigenvalue weighted by molar-refractivity contribution is 6.34. The monoisotopic (exact) mass is 469 g/mol. The van der Waals surface area contributed by atoms with Gasteiger partial charge in [-0.25, -0.2) is 4.39 Å². The first-order chi connectivity index (χ1) is 15.8.